The normalized spacial score (nSPS) is 16.4. The van der Waals surface area contributed by atoms with Crippen molar-refractivity contribution in [3.63, 3.8) is 0 Å². The Morgan fingerprint density at radius 3 is 2.37 bits per heavy atom. The summed E-state index contributed by atoms with van der Waals surface area (Å²) in [5, 5.41) is 4.46. The van der Waals surface area contributed by atoms with Gasteiger partial charge in [0.2, 0.25) is 0 Å². The van der Waals surface area contributed by atoms with Crippen LogP contribution in [-0.4, -0.2) is 12.8 Å². The largest absolute Gasteiger partial charge is 0.456 e. The van der Waals surface area contributed by atoms with E-state index in [9.17, 15) is 0 Å². The molecule has 6 rings (SSSR count). The molecule has 3 aromatic carbocycles. The lowest BCUT2D eigenvalue weighted by atomic mass is 9.57. The Labute approximate surface area is 177 Å². The highest BCUT2D eigenvalue weighted by Gasteiger charge is 2.28. The fourth-order valence-electron chi connectivity index (χ4n) is 4.99. The molecule has 2 radical (unpaired) electrons. The quantitative estimate of drug-likeness (QED) is 0.301. The zero-order valence-corrected chi connectivity index (χ0v) is 16.9. The van der Waals surface area contributed by atoms with Crippen LogP contribution < -0.4 is 0 Å². The molecule has 30 heavy (non-hydrogen) atoms. The molecule has 2 heterocycles. The van der Waals surface area contributed by atoms with Crippen molar-refractivity contribution in [3.05, 3.63) is 78.5 Å². The van der Waals surface area contributed by atoms with Crippen LogP contribution in [0.4, 0.5) is 0 Å². The Morgan fingerprint density at radius 2 is 1.53 bits per heavy atom. The number of pyridine rings is 1. The zero-order valence-electron chi connectivity index (χ0n) is 16.9. The lowest BCUT2D eigenvalue weighted by Gasteiger charge is -2.34. The highest BCUT2D eigenvalue weighted by atomic mass is 16.3. The Balaban J connectivity index is 1.49. The second-order valence-electron chi connectivity index (χ2n) is 8.66. The summed E-state index contributed by atoms with van der Waals surface area (Å²) in [4.78, 5) is 4.67. The highest BCUT2D eigenvalue weighted by Crippen LogP contribution is 2.38. The molecule has 2 nitrogen and oxygen atoms in total. The molecule has 0 unspecified atom stereocenters. The van der Waals surface area contributed by atoms with Crippen LogP contribution in [0.3, 0.4) is 0 Å². The summed E-state index contributed by atoms with van der Waals surface area (Å²) in [6.45, 7) is 0. The standard InChI is InChI=1S/C27H22BNO/c28-27(11-4-1-5-12-27)21-10-13-29-24(17-21)20-8-9-25-22(15-20)23-14-18-6-2-3-7-19(18)16-26(23)30-25/h2-3,6-10,13-17H,1,4-5,11-12H2. The summed E-state index contributed by atoms with van der Waals surface area (Å²) in [6.07, 6.45) is 7.70. The molecule has 1 fully saturated rings. The molecule has 2 aromatic heterocycles. The summed E-state index contributed by atoms with van der Waals surface area (Å²) < 4.78 is 6.15. The smallest absolute Gasteiger partial charge is 0.136 e. The van der Waals surface area contributed by atoms with E-state index in [-0.39, 0.29) is 5.31 Å². The lowest BCUT2D eigenvalue weighted by molar-refractivity contribution is 0.398. The second kappa shape index (κ2) is 6.73. The van der Waals surface area contributed by atoms with Gasteiger partial charge in [0.05, 0.1) is 13.5 Å². The minimum absolute atomic E-state index is 0.221. The average molecular weight is 387 g/mol. The lowest BCUT2D eigenvalue weighted by Crippen LogP contribution is -2.29. The number of rotatable bonds is 2. The van der Waals surface area contributed by atoms with E-state index < -0.39 is 0 Å². The Morgan fingerprint density at radius 1 is 0.767 bits per heavy atom. The minimum atomic E-state index is -0.221. The molecule has 1 saturated carbocycles. The monoisotopic (exact) mass is 387 g/mol. The molecule has 5 aromatic rings. The number of hydrogen-bond acceptors (Lipinski definition) is 2. The first-order valence-corrected chi connectivity index (χ1v) is 10.8. The summed E-state index contributed by atoms with van der Waals surface area (Å²) in [6, 6.07) is 23.4. The summed E-state index contributed by atoms with van der Waals surface area (Å²) in [5.74, 6) is 0. The fraction of sp³-hybridized carbons (Fsp3) is 0.222. The molecular formula is C27H22BNO. The maximum Gasteiger partial charge on any atom is 0.136 e. The topological polar surface area (TPSA) is 26.0 Å². The van der Waals surface area contributed by atoms with Crippen LogP contribution >= 0.6 is 0 Å². The van der Waals surface area contributed by atoms with Crippen LogP contribution in [0, 0.1) is 0 Å². The number of fused-ring (bicyclic) bond motifs is 4. The SMILES string of the molecule is [B]C1(c2ccnc(-c3ccc4oc5cc6ccccc6cc5c4c3)c2)CCCCC1. The molecule has 1 aliphatic carbocycles. The van der Waals surface area contributed by atoms with Crippen LogP contribution in [0.25, 0.3) is 44.0 Å². The van der Waals surface area contributed by atoms with Gasteiger partial charge in [0.1, 0.15) is 11.2 Å². The van der Waals surface area contributed by atoms with Gasteiger partial charge in [-0.1, -0.05) is 56.4 Å². The van der Waals surface area contributed by atoms with Gasteiger partial charge in [-0.3, -0.25) is 4.98 Å². The van der Waals surface area contributed by atoms with Crippen molar-refractivity contribution >= 4 is 40.6 Å². The number of furan rings is 1. The molecule has 144 valence electrons. The van der Waals surface area contributed by atoms with E-state index in [0.29, 0.717) is 0 Å². The van der Waals surface area contributed by atoms with Crippen molar-refractivity contribution in [1.29, 1.82) is 0 Å². The summed E-state index contributed by atoms with van der Waals surface area (Å²) in [7, 11) is 6.79. The van der Waals surface area contributed by atoms with Crippen molar-refractivity contribution in [2.24, 2.45) is 0 Å². The first-order chi connectivity index (χ1) is 14.7. The second-order valence-corrected chi connectivity index (χ2v) is 8.66. The third kappa shape index (κ3) is 2.84. The maximum absolute atomic E-state index is 6.79. The van der Waals surface area contributed by atoms with Gasteiger partial charge >= 0.3 is 0 Å². The van der Waals surface area contributed by atoms with Crippen LogP contribution in [0.5, 0.6) is 0 Å². The molecule has 0 N–H and O–H groups in total. The van der Waals surface area contributed by atoms with Gasteiger partial charge in [-0.05, 0) is 64.1 Å². The summed E-state index contributed by atoms with van der Waals surface area (Å²) in [5.41, 5.74) is 5.10. The van der Waals surface area contributed by atoms with E-state index in [1.165, 1.54) is 35.6 Å². The van der Waals surface area contributed by atoms with E-state index in [4.69, 9.17) is 12.3 Å². The Bertz CT molecular complexity index is 1390. The number of benzene rings is 3. The predicted octanol–water partition coefficient (Wildman–Crippen LogP) is 7.13. The first-order valence-electron chi connectivity index (χ1n) is 10.8. The van der Waals surface area contributed by atoms with E-state index >= 15 is 0 Å². The Kier molecular flexibility index (Phi) is 3.99. The minimum Gasteiger partial charge on any atom is -0.456 e. The van der Waals surface area contributed by atoms with Gasteiger partial charge in [-0.25, -0.2) is 0 Å². The average Bonchev–Trinajstić information content (AvgIpc) is 3.15. The van der Waals surface area contributed by atoms with Crippen molar-refractivity contribution in [2.45, 2.75) is 37.4 Å². The van der Waals surface area contributed by atoms with Gasteiger partial charge in [0.25, 0.3) is 0 Å². The molecule has 0 atom stereocenters. The van der Waals surface area contributed by atoms with Gasteiger partial charge in [-0.15, -0.1) is 0 Å². The molecular weight excluding hydrogens is 365 g/mol. The molecule has 0 aliphatic heterocycles. The first kappa shape index (κ1) is 17.8. The van der Waals surface area contributed by atoms with Gasteiger partial charge in [0.15, 0.2) is 0 Å². The number of nitrogens with zero attached hydrogens (tertiary/aromatic N) is 1. The summed E-state index contributed by atoms with van der Waals surface area (Å²) >= 11 is 0. The maximum atomic E-state index is 6.79. The van der Waals surface area contributed by atoms with Gasteiger partial charge in [0, 0.05) is 22.5 Å². The molecule has 1 aliphatic rings. The van der Waals surface area contributed by atoms with Crippen LogP contribution in [0.15, 0.2) is 77.3 Å². The van der Waals surface area contributed by atoms with Crippen LogP contribution in [0.2, 0.25) is 0 Å². The number of hydrogen-bond donors (Lipinski definition) is 0. The number of aromatic nitrogens is 1. The van der Waals surface area contributed by atoms with Gasteiger partial charge in [-0.2, -0.15) is 0 Å². The van der Waals surface area contributed by atoms with E-state index in [1.807, 2.05) is 6.20 Å². The van der Waals surface area contributed by atoms with Crippen LogP contribution in [-0.2, 0) is 5.31 Å². The molecule has 0 bridgehead atoms. The highest BCUT2D eigenvalue weighted by molar-refractivity contribution is 6.16. The third-order valence-corrected chi connectivity index (χ3v) is 6.71. The zero-order chi connectivity index (χ0) is 20.1. The fourth-order valence-corrected chi connectivity index (χ4v) is 4.99. The Hall–Kier alpha value is -3.07. The molecule has 3 heteroatoms. The molecule has 0 spiro atoms. The van der Waals surface area contributed by atoms with Crippen molar-refractivity contribution < 1.29 is 4.42 Å². The van der Waals surface area contributed by atoms with Gasteiger partial charge < -0.3 is 4.42 Å². The predicted molar refractivity (Wildman–Crippen MR) is 125 cm³/mol. The van der Waals surface area contributed by atoms with Crippen molar-refractivity contribution in [2.75, 3.05) is 0 Å². The van der Waals surface area contributed by atoms with Crippen LogP contribution in [0.1, 0.15) is 37.7 Å². The van der Waals surface area contributed by atoms with E-state index in [1.54, 1.807) is 0 Å². The van der Waals surface area contributed by atoms with E-state index in [2.05, 4.69) is 71.7 Å². The molecule has 0 amide bonds. The third-order valence-electron chi connectivity index (χ3n) is 6.71. The van der Waals surface area contributed by atoms with Crippen molar-refractivity contribution in [1.82, 2.24) is 4.98 Å². The van der Waals surface area contributed by atoms with Crippen molar-refractivity contribution in [3.8, 4) is 11.3 Å². The van der Waals surface area contributed by atoms with E-state index in [0.717, 1.165) is 46.0 Å². The molecule has 0 saturated heterocycles.